The molecule has 18 heavy (non-hydrogen) atoms. The van der Waals surface area contributed by atoms with E-state index in [1.807, 2.05) is 13.0 Å². The summed E-state index contributed by atoms with van der Waals surface area (Å²) in [6, 6.07) is 5.09. The monoisotopic (exact) mass is 242 g/mol. The first-order valence-corrected chi connectivity index (χ1v) is 5.56. The van der Waals surface area contributed by atoms with Crippen molar-refractivity contribution in [3.05, 3.63) is 53.6 Å². The molecule has 2 heterocycles. The van der Waals surface area contributed by atoms with Crippen molar-refractivity contribution in [2.24, 2.45) is 0 Å². The molecule has 0 aliphatic carbocycles. The molecule has 0 radical (unpaired) electrons. The van der Waals surface area contributed by atoms with Crippen molar-refractivity contribution in [2.45, 2.75) is 13.5 Å². The number of pyridine rings is 2. The van der Waals surface area contributed by atoms with E-state index in [1.165, 1.54) is 6.20 Å². The van der Waals surface area contributed by atoms with Crippen molar-refractivity contribution >= 4 is 11.6 Å². The van der Waals surface area contributed by atoms with Crippen LogP contribution >= 0.6 is 0 Å². The van der Waals surface area contributed by atoms with Crippen molar-refractivity contribution < 1.29 is 4.79 Å². The Morgan fingerprint density at radius 2 is 2.22 bits per heavy atom. The van der Waals surface area contributed by atoms with E-state index >= 15 is 0 Å². The van der Waals surface area contributed by atoms with Crippen LogP contribution in [-0.4, -0.2) is 15.9 Å². The lowest BCUT2D eigenvalue weighted by atomic mass is 10.1. The molecule has 2 aromatic rings. The van der Waals surface area contributed by atoms with Crippen LogP contribution < -0.4 is 11.1 Å². The van der Waals surface area contributed by atoms with E-state index in [2.05, 4.69) is 15.3 Å². The number of nitrogens with one attached hydrogen (secondary N) is 1. The fourth-order valence-electron chi connectivity index (χ4n) is 1.52. The molecule has 0 atom stereocenters. The lowest BCUT2D eigenvalue weighted by molar-refractivity contribution is 0.0946. The topological polar surface area (TPSA) is 80.9 Å². The Morgan fingerprint density at radius 3 is 2.94 bits per heavy atom. The third-order valence-electron chi connectivity index (χ3n) is 2.60. The summed E-state index contributed by atoms with van der Waals surface area (Å²) >= 11 is 0. The van der Waals surface area contributed by atoms with Crippen molar-refractivity contribution in [3.63, 3.8) is 0 Å². The van der Waals surface area contributed by atoms with Crippen molar-refractivity contribution in [2.75, 3.05) is 5.73 Å². The normalized spacial score (nSPS) is 10.1. The lowest BCUT2D eigenvalue weighted by Crippen LogP contribution is -2.24. The molecular formula is C13H14N4O. The lowest BCUT2D eigenvalue weighted by Gasteiger charge is -2.07. The second-order valence-corrected chi connectivity index (χ2v) is 3.96. The number of carbonyl (C=O) groups excluding carboxylic acids is 1. The largest absolute Gasteiger partial charge is 0.399 e. The number of rotatable bonds is 3. The molecule has 2 aromatic heterocycles. The highest BCUT2D eigenvalue weighted by Crippen LogP contribution is 2.06. The fraction of sp³-hybridized carbons (Fsp3) is 0.154. The van der Waals surface area contributed by atoms with Crippen LogP contribution in [0.15, 0.2) is 36.8 Å². The standard InChI is InChI=1S/C13H14N4O/c1-9-2-4-15-7-10(9)8-17-13(18)12-6-11(14)3-5-16-12/h2-7H,8H2,1H3,(H2,14,16)(H,17,18). The molecule has 0 aliphatic rings. The Balaban J connectivity index is 2.03. The first-order valence-electron chi connectivity index (χ1n) is 5.56. The highest BCUT2D eigenvalue weighted by atomic mass is 16.1. The Bertz CT molecular complexity index is 568. The summed E-state index contributed by atoms with van der Waals surface area (Å²) in [5.41, 5.74) is 8.51. The van der Waals surface area contributed by atoms with Gasteiger partial charge >= 0.3 is 0 Å². The minimum absolute atomic E-state index is 0.245. The molecule has 0 aromatic carbocycles. The molecule has 5 nitrogen and oxygen atoms in total. The van der Waals surface area contributed by atoms with Crippen LogP contribution in [0.2, 0.25) is 0 Å². The molecule has 0 bridgehead atoms. The van der Waals surface area contributed by atoms with Crippen molar-refractivity contribution in [1.29, 1.82) is 0 Å². The number of nitrogens with zero attached hydrogens (tertiary/aromatic N) is 2. The Hall–Kier alpha value is -2.43. The minimum atomic E-state index is -0.245. The van der Waals surface area contributed by atoms with Gasteiger partial charge in [0.2, 0.25) is 0 Å². The van der Waals surface area contributed by atoms with Gasteiger partial charge in [-0.15, -0.1) is 0 Å². The molecule has 0 saturated carbocycles. The minimum Gasteiger partial charge on any atom is -0.399 e. The first-order chi connectivity index (χ1) is 8.66. The zero-order valence-corrected chi connectivity index (χ0v) is 10.1. The van der Waals surface area contributed by atoms with E-state index in [0.717, 1.165) is 11.1 Å². The van der Waals surface area contributed by atoms with E-state index in [4.69, 9.17) is 5.73 Å². The molecule has 0 unspecified atom stereocenters. The van der Waals surface area contributed by atoms with Crippen LogP contribution in [0, 0.1) is 6.92 Å². The molecule has 0 saturated heterocycles. The predicted molar refractivity (Wildman–Crippen MR) is 68.8 cm³/mol. The Kier molecular flexibility index (Phi) is 3.52. The molecule has 5 heteroatoms. The second kappa shape index (κ2) is 5.27. The van der Waals surface area contributed by atoms with Crippen molar-refractivity contribution in [1.82, 2.24) is 15.3 Å². The van der Waals surface area contributed by atoms with Crippen LogP contribution in [0.1, 0.15) is 21.6 Å². The summed E-state index contributed by atoms with van der Waals surface area (Å²) in [4.78, 5) is 19.8. The number of anilines is 1. The van der Waals surface area contributed by atoms with Crippen LogP contribution in [0.5, 0.6) is 0 Å². The van der Waals surface area contributed by atoms with Gasteiger partial charge in [-0.3, -0.25) is 14.8 Å². The third-order valence-corrected chi connectivity index (χ3v) is 2.60. The van der Waals surface area contributed by atoms with Gasteiger partial charge < -0.3 is 11.1 Å². The van der Waals surface area contributed by atoms with Gasteiger partial charge in [-0.2, -0.15) is 0 Å². The number of nitrogens with two attached hydrogens (primary N) is 1. The summed E-state index contributed by atoms with van der Waals surface area (Å²) in [5.74, 6) is -0.245. The third kappa shape index (κ3) is 2.82. The van der Waals surface area contributed by atoms with Gasteiger partial charge in [0.25, 0.3) is 5.91 Å². The van der Waals surface area contributed by atoms with Gasteiger partial charge in [-0.1, -0.05) is 0 Å². The second-order valence-electron chi connectivity index (χ2n) is 3.96. The molecule has 0 aliphatic heterocycles. The zero-order chi connectivity index (χ0) is 13.0. The van der Waals surface area contributed by atoms with Gasteiger partial charge in [0, 0.05) is 30.8 Å². The Labute approximate surface area is 105 Å². The summed E-state index contributed by atoms with van der Waals surface area (Å²) in [7, 11) is 0. The molecule has 2 rings (SSSR count). The van der Waals surface area contributed by atoms with Gasteiger partial charge in [0.05, 0.1) is 0 Å². The SMILES string of the molecule is Cc1ccncc1CNC(=O)c1cc(N)ccn1. The molecule has 1 amide bonds. The number of aryl methyl sites for hydroxylation is 1. The van der Waals surface area contributed by atoms with Crippen LogP contribution in [-0.2, 0) is 6.54 Å². The number of nitrogen functional groups attached to an aromatic ring is 1. The summed E-state index contributed by atoms with van der Waals surface area (Å²) in [6.45, 7) is 2.40. The average Bonchev–Trinajstić information content (AvgIpc) is 2.37. The fourth-order valence-corrected chi connectivity index (χ4v) is 1.52. The zero-order valence-electron chi connectivity index (χ0n) is 10.1. The van der Waals surface area contributed by atoms with Gasteiger partial charge in [-0.25, -0.2) is 0 Å². The van der Waals surface area contributed by atoms with Crippen molar-refractivity contribution in [3.8, 4) is 0 Å². The van der Waals surface area contributed by atoms with Gasteiger partial charge in [0.1, 0.15) is 5.69 Å². The van der Waals surface area contributed by atoms with E-state index in [9.17, 15) is 4.79 Å². The molecular weight excluding hydrogens is 228 g/mol. The van der Waals surface area contributed by atoms with E-state index in [1.54, 1.807) is 24.5 Å². The first kappa shape index (κ1) is 12.0. The highest BCUT2D eigenvalue weighted by molar-refractivity contribution is 5.92. The Morgan fingerprint density at radius 1 is 1.39 bits per heavy atom. The van der Waals surface area contributed by atoms with E-state index < -0.39 is 0 Å². The molecule has 0 spiro atoms. The number of carbonyl (C=O) groups is 1. The average molecular weight is 242 g/mol. The van der Waals surface area contributed by atoms with Crippen LogP contribution in [0.25, 0.3) is 0 Å². The van der Waals surface area contributed by atoms with E-state index in [0.29, 0.717) is 17.9 Å². The summed E-state index contributed by atoms with van der Waals surface area (Å²) in [6.07, 6.45) is 4.97. The maximum absolute atomic E-state index is 11.8. The number of hydrogen-bond donors (Lipinski definition) is 2. The van der Waals surface area contributed by atoms with Crippen LogP contribution in [0.3, 0.4) is 0 Å². The molecule has 92 valence electrons. The van der Waals surface area contributed by atoms with E-state index in [-0.39, 0.29) is 5.91 Å². The van der Waals surface area contributed by atoms with Gasteiger partial charge in [0.15, 0.2) is 0 Å². The summed E-state index contributed by atoms with van der Waals surface area (Å²) < 4.78 is 0. The maximum Gasteiger partial charge on any atom is 0.270 e. The predicted octanol–water partition coefficient (Wildman–Crippen LogP) is 1.30. The summed E-state index contributed by atoms with van der Waals surface area (Å²) in [5, 5.41) is 2.79. The smallest absolute Gasteiger partial charge is 0.270 e. The quantitative estimate of drug-likeness (QED) is 0.850. The highest BCUT2D eigenvalue weighted by Gasteiger charge is 2.07. The number of amides is 1. The molecule has 0 fully saturated rings. The maximum atomic E-state index is 11.8. The van der Waals surface area contributed by atoms with Crippen LogP contribution in [0.4, 0.5) is 5.69 Å². The number of hydrogen-bond acceptors (Lipinski definition) is 4. The molecule has 3 N–H and O–H groups in total. The van der Waals surface area contributed by atoms with Gasteiger partial charge in [-0.05, 0) is 36.2 Å². The number of aromatic nitrogens is 2.